The van der Waals surface area contributed by atoms with E-state index in [4.69, 9.17) is 5.11 Å². The standard InChI is InChI=1S/C8H15NO4S/c1-6-5-14(12,13)4-3-9(6)7(2)8(10)11/h6-7H,3-5H2,1-2H3,(H,10,11). The predicted molar refractivity (Wildman–Crippen MR) is 51.9 cm³/mol. The number of carboxylic acid groups (broad SMARTS) is 1. The highest BCUT2D eigenvalue weighted by Gasteiger charge is 2.33. The zero-order chi connectivity index (χ0) is 10.9. The Labute approximate surface area is 83.6 Å². The van der Waals surface area contributed by atoms with Crippen molar-refractivity contribution in [3.63, 3.8) is 0 Å². The third-order valence-electron chi connectivity index (χ3n) is 2.58. The highest BCUT2D eigenvalue weighted by atomic mass is 32.2. The van der Waals surface area contributed by atoms with Crippen LogP contribution in [0.2, 0.25) is 0 Å². The van der Waals surface area contributed by atoms with Gasteiger partial charge in [0.1, 0.15) is 6.04 Å². The van der Waals surface area contributed by atoms with Crippen molar-refractivity contribution in [3.05, 3.63) is 0 Å². The average Bonchev–Trinajstić information content (AvgIpc) is 2.01. The molecule has 0 bridgehead atoms. The highest BCUT2D eigenvalue weighted by Crippen LogP contribution is 2.14. The van der Waals surface area contributed by atoms with Crippen LogP contribution in [0.15, 0.2) is 0 Å². The van der Waals surface area contributed by atoms with Crippen LogP contribution in [-0.2, 0) is 14.6 Å². The molecule has 0 aromatic heterocycles. The second-order valence-electron chi connectivity index (χ2n) is 3.72. The SMILES string of the molecule is CC1CS(=O)(=O)CCN1C(C)C(=O)O. The Morgan fingerprint density at radius 1 is 1.57 bits per heavy atom. The first-order chi connectivity index (χ1) is 6.33. The van der Waals surface area contributed by atoms with Crippen molar-refractivity contribution in [3.8, 4) is 0 Å². The molecule has 0 radical (unpaired) electrons. The molecule has 0 saturated carbocycles. The maximum absolute atomic E-state index is 11.2. The number of nitrogens with zero attached hydrogens (tertiary/aromatic N) is 1. The van der Waals surface area contributed by atoms with Gasteiger partial charge in [-0.1, -0.05) is 0 Å². The third kappa shape index (κ3) is 2.45. The van der Waals surface area contributed by atoms with Gasteiger partial charge in [0.05, 0.1) is 11.5 Å². The number of carboxylic acids is 1. The van der Waals surface area contributed by atoms with Crippen LogP contribution in [0.4, 0.5) is 0 Å². The van der Waals surface area contributed by atoms with Gasteiger partial charge >= 0.3 is 5.97 Å². The minimum atomic E-state index is -2.96. The Morgan fingerprint density at radius 3 is 2.57 bits per heavy atom. The van der Waals surface area contributed by atoms with Gasteiger partial charge in [0.2, 0.25) is 0 Å². The molecule has 5 nitrogen and oxygen atoms in total. The molecule has 2 atom stereocenters. The molecule has 1 aliphatic rings. The summed E-state index contributed by atoms with van der Waals surface area (Å²) in [7, 11) is -2.96. The number of hydrogen-bond donors (Lipinski definition) is 1. The molecule has 1 aliphatic heterocycles. The number of carbonyl (C=O) groups is 1. The molecule has 1 N–H and O–H groups in total. The van der Waals surface area contributed by atoms with Crippen LogP contribution in [0, 0.1) is 0 Å². The van der Waals surface area contributed by atoms with E-state index in [0.29, 0.717) is 6.54 Å². The summed E-state index contributed by atoms with van der Waals surface area (Å²) in [6, 6.07) is -0.819. The lowest BCUT2D eigenvalue weighted by Gasteiger charge is -2.35. The lowest BCUT2D eigenvalue weighted by Crippen LogP contribution is -2.53. The number of aliphatic carboxylic acids is 1. The monoisotopic (exact) mass is 221 g/mol. The van der Waals surface area contributed by atoms with E-state index >= 15 is 0 Å². The molecule has 0 spiro atoms. The average molecular weight is 221 g/mol. The van der Waals surface area contributed by atoms with Crippen LogP contribution in [-0.4, -0.2) is 54.5 Å². The van der Waals surface area contributed by atoms with Crippen molar-refractivity contribution >= 4 is 15.8 Å². The van der Waals surface area contributed by atoms with Gasteiger partial charge in [-0.25, -0.2) is 8.42 Å². The molecule has 6 heteroatoms. The maximum atomic E-state index is 11.2. The molecular formula is C8H15NO4S. The highest BCUT2D eigenvalue weighted by molar-refractivity contribution is 7.91. The minimum Gasteiger partial charge on any atom is -0.480 e. The van der Waals surface area contributed by atoms with Crippen LogP contribution < -0.4 is 0 Å². The molecule has 0 aliphatic carbocycles. The molecule has 1 heterocycles. The van der Waals surface area contributed by atoms with E-state index in [1.807, 2.05) is 0 Å². The van der Waals surface area contributed by atoms with E-state index in [2.05, 4.69) is 0 Å². The lowest BCUT2D eigenvalue weighted by molar-refractivity contribution is -0.143. The molecular weight excluding hydrogens is 206 g/mol. The van der Waals surface area contributed by atoms with Crippen LogP contribution in [0.25, 0.3) is 0 Å². The largest absolute Gasteiger partial charge is 0.480 e. The van der Waals surface area contributed by atoms with Gasteiger partial charge in [-0.2, -0.15) is 0 Å². The molecule has 1 saturated heterocycles. The van der Waals surface area contributed by atoms with E-state index in [-0.39, 0.29) is 17.5 Å². The Bertz CT molecular complexity index is 324. The zero-order valence-electron chi connectivity index (χ0n) is 8.30. The van der Waals surface area contributed by atoms with Crippen LogP contribution in [0.3, 0.4) is 0 Å². The molecule has 2 unspecified atom stereocenters. The van der Waals surface area contributed by atoms with Gasteiger partial charge in [-0.3, -0.25) is 9.69 Å². The second kappa shape index (κ2) is 3.86. The quantitative estimate of drug-likeness (QED) is 0.685. The number of hydrogen-bond acceptors (Lipinski definition) is 4. The fourth-order valence-electron chi connectivity index (χ4n) is 1.73. The Kier molecular flexibility index (Phi) is 3.16. The molecule has 14 heavy (non-hydrogen) atoms. The first-order valence-corrected chi connectivity index (χ1v) is 6.34. The van der Waals surface area contributed by atoms with Crippen molar-refractivity contribution in [1.29, 1.82) is 0 Å². The number of sulfone groups is 1. The smallest absolute Gasteiger partial charge is 0.320 e. The molecule has 1 fully saturated rings. The molecule has 0 aromatic rings. The first-order valence-electron chi connectivity index (χ1n) is 4.52. The maximum Gasteiger partial charge on any atom is 0.320 e. The molecule has 82 valence electrons. The summed E-state index contributed by atoms with van der Waals surface area (Å²) >= 11 is 0. The topological polar surface area (TPSA) is 74.7 Å². The Morgan fingerprint density at radius 2 is 2.14 bits per heavy atom. The summed E-state index contributed by atoms with van der Waals surface area (Å²) in [4.78, 5) is 12.4. The van der Waals surface area contributed by atoms with Crippen molar-refractivity contribution in [2.75, 3.05) is 18.1 Å². The fourth-order valence-corrected chi connectivity index (χ4v) is 3.31. The summed E-state index contributed by atoms with van der Waals surface area (Å²) < 4.78 is 22.4. The molecule has 0 aromatic carbocycles. The van der Waals surface area contributed by atoms with E-state index in [1.165, 1.54) is 0 Å². The van der Waals surface area contributed by atoms with Crippen LogP contribution in [0.5, 0.6) is 0 Å². The second-order valence-corrected chi connectivity index (χ2v) is 5.94. The molecule has 1 rings (SSSR count). The van der Waals surface area contributed by atoms with E-state index in [1.54, 1.807) is 18.7 Å². The van der Waals surface area contributed by atoms with E-state index in [9.17, 15) is 13.2 Å². The Hall–Kier alpha value is -0.620. The normalized spacial score (nSPS) is 29.7. The third-order valence-corrected chi connectivity index (χ3v) is 4.37. The van der Waals surface area contributed by atoms with E-state index in [0.717, 1.165) is 0 Å². The van der Waals surface area contributed by atoms with Crippen molar-refractivity contribution in [2.24, 2.45) is 0 Å². The summed E-state index contributed by atoms with van der Waals surface area (Å²) in [6.45, 7) is 3.64. The van der Waals surface area contributed by atoms with Gasteiger partial charge in [-0.15, -0.1) is 0 Å². The summed E-state index contributed by atoms with van der Waals surface area (Å²) in [5.41, 5.74) is 0. The first kappa shape index (κ1) is 11.5. The zero-order valence-corrected chi connectivity index (χ0v) is 9.12. The van der Waals surface area contributed by atoms with Gasteiger partial charge in [0.15, 0.2) is 9.84 Å². The fraction of sp³-hybridized carbons (Fsp3) is 0.875. The number of rotatable bonds is 2. The van der Waals surface area contributed by atoms with Gasteiger partial charge < -0.3 is 5.11 Å². The van der Waals surface area contributed by atoms with Gasteiger partial charge in [0, 0.05) is 12.6 Å². The Balaban J connectivity index is 2.72. The summed E-state index contributed by atoms with van der Waals surface area (Å²) in [5, 5.41) is 8.79. The summed E-state index contributed by atoms with van der Waals surface area (Å²) in [6.07, 6.45) is 0. The van der Waals surface area contributed by atoms with Crippen molar-refractivity contribution < 1.29 is 18.3 Å². The van der Waals surface area contributed by atoms with Gasteiger partial charge in [0.25, 0.3) is 0 Å². The van der Waals surface area contributed by atoms with Crippen molar-refractivity contribution in [1.82, 2.24) is 4.90 Å². The van der Waals surface area contributed by atoms with Gasteiger partial charge in [-0.05, 0) is 13.8 Å². The van der Waals surface area contributed by atoms with E-state index < -0.39 is 21.8 Å². The minimum absolute atomic E-state index is 0.0601. The predicted octanol–water partition coefficient (Wildman–Crippen LogP) is -0.422. The lowest BCUT2D eigenvalue weighted by atomic mass is 10.2. The van der Waals surface area contributed by atoms with Crippen LogP contribution >= 0.6 is 0 Å². The van der Waals surface area contributed by atoms with Crippen LogP contribution in [0.1, 0.15) is 13.8 Å². The summed E-state index contributed by atoms with van der Waals surface area (Å²) in [5.74, 6) is -0.782. The molecule has 0 amide bonds. The van der Waals surface area contributed by atoms with Crippen molar-refractivity contribution in [2.45, 2.75) is 25.9 Å².